The first kappa shape index (κ1) is 22.1. The first-order valence-corrected chi connectivity index (χ1v) is 12.4. The van der Waals surface area contributed by atoms with Gasteiger partial charge in [0.1, 0.15) is 30.3 Å². The molecule has 29 heavy (non-hydrogen) atoms. The second kappa shape index (κ2) is 8.79. The lowest BCUT2D eigenvalue weighted by molar-refractivity contribution is -0.0802. The molecule has 0 radical (unpaired) electrons. The van der Waals surface area contributed by atoms with E-state index >= 15 is 0 Å². The van der Waals surface area contributed by atoms with E-state index in [4.69, 9.17) is 18.9 Å². The van der Waals surface area contributed by atoms with Crippen molar-refractivity contribution >= 4 is 63.7 Å². The molecule has 0 aromatic heterocycles. The van der Waals surface area contributed by atoms with E-state index in [1.54, 1.807) is 0 Å². The molecule has 0 spiro atoms. The average Bonchev–Trinajstić information content (AvgIpc) is 3.42. The highest BCUT2D eigenvalue weighted by atomic mass is 79.9. The third-order valence-corrected chi connectivity index (χ3v) is 7.50. The fourth-order valence-corrected chi connectivity index (χ4v) is 5.84. The van der Waals surface area contributed by atoms with Gasteiger partial charge in [-0.15, -0.1) is 0 Å². The molecule has 0 amide bonds. The minimum absolute atomic E-state index is 0.113. The quantitative estimate of drug-likeness (QED) is 0.315. The molecule has 4 nitrogen and oxygen atoms in total. The molecule has 2 heterocycles. The van der Waals surface area contributed by atoms with Crippen molar-refractivity contribution in [1.82, 2.24) is 0 Å². The summed E-state index contributed by atoms with van der Waals surface area (Å²) in [4.78, 5) is 0. The van der Waals surface area contributed by atoms with Gasteiger partial charge in [0, 0.05) is 5.41 Å². The van der Waals surface area contributed by atoms with Crippen LogP contribution in [0.1, 0.15) is 25.0 Å². The predicted molar refractivity (Wildman–Crippen MR) is 126 cm³/mol. The predicted octanol–water partition coefficient (Wildman–Crippen LogP) is 6.62. The first-order chi connectivity index (χ1) is 13.8. The van der Waals surface area contributed by atoms with E-state index in [1.165, 1.54) is 0 Å². The maximum absolute atomic E-state index is 6.03. The highest BCUT2D eigenvalue weighted by molar-refractivity contribution is 9.11. The zero-order valence-corrected chi connectivity index (χ0v) is 22.3. The zero-order valence-electron chi connectivity index (χ0n) is 15.9. The lowest BCUT2D eigenvalue weighted by Gasteiger charge is -2.30. The third kappa shape index (κ3) is 4.88. The summed E-state index contributed by atoms with van der Waals surface area (Å²) in [7, 11) is 0. The van der Waals surface area contributed by atoms with Crippen LogP contribution in [0.3, 0.4) is 0 Å². The summed E-state index contributed by atoms with van der Waals surface area (Å²) < 4.78 is 26.1. The molecule has 2 aromatic carbocycles. The summed E-state index contributed by atoms with van der Waals surface area (Å²) in [5.74, 6) is 1.61. The second-order valence-electron chi connectivity index (χ2n) is 7.71. The number of halogens is 4. The second-order valence-corrected chi connectivity index (χ2v) is 11.1. The van der Waals surface area contributed by atoms with Crippen LogP contribution in [-0.2, 0) is 14.9 Å². The van der Waals surface area contributed by atoms with Gasteiger partial charge in [-0.05, 0) is 99.1 Å². The topological polar surface area (TPSA) is 40.2 Å². The summed E-state index contributed by atoms with van der Waals surface area (Å²) in [6.45, 7) is 7.01. The maximum atomic E-state index is 6.03. The Hall–Kier alpha value is -0.120. The lowest BCUT2D eigenvalue weighted by atomic mass is 9.78. The molecule has 2 fully saturated rings. The third-order valence-electron chi connectivity index (χ3n) is 5.15. The SMILES string of the molecule is CC(C)(c1cc(Br)c(OCC2CO2)c(Br)c1)c1cc(Br)c(OC2COC2)c(Br)c1. The molecule has 2 aliphatic heterocycles. The Balaban J connectivity index is 1.61. The van der Waals surface area contributed by atoms with Gasteiger partial charge in [-0.3, -0.25) is 0 Å². The van der Waals surface area contributed by atoms with Gasteiger partial charge in [0.05, 0.1) is 37.7 Å². The van der Waals surface area contributed by atoms with Gasteiger partial charge in [0.25, 0.3) is 0 Å². The van der Waals surface area contributed by atoms with E-state index in [1.807, 2.05) is 0 Å². The van der Waals surface area contributed by atoms with Crippen LogP contribution in [-0.4, -0.2) is 38.6 Å². The molecule has 2 aliphatic rings. The summed E-state index contributed by atoms with van der Waals surface area (Å²) in [6, 6.07) is 8.48. The van der Waals surface area contributed by atoms with Gasteiger partial charge in [0.2, 0.25) is 0 Å². The Kier molecular flexibility index (Phi) is 6.69. The minimum Gasteiger partial charge on any atom is -0.488 e. The van der Waals surface area contributed by atoms with Crippen molar-refractivity contribution in [2.75, 3.05) is 26.4 Å². The molecule has 1 atom stereocenters. The number of hydrogen-bond acceptors (Lipinski definition) is 4. The highest BCUT2D eigenvalue weighted by Crippen LogP contribution is 2.44. The van der Waals surface area contributed by atoms with E-state index in [9.17, 15) is 0 Å². The summed E-state index contributed by atoms with van der Waals surface area (Å²) in [6.07, 6.45) is 0.328. The molecule has 156 valence electrons. The number of epoxide rings is 1. The van der Waals surface area contributed by atoms with Crippen molar-refractivity contribution in [3.8, 4) is 11.5 Å². The van der Waals surface area contributed by atoms with Crippen LogP contribution in [0.4, 0.5) is 0 Å². The minimum atomic E-state index is -0.244. The van der Waals surface area contributed by atoms with Crippen LogP contribution < -0.4 is 9.47 Å². The molecular formula is C21H20Br4O4. The number of hydrogen-bond donors (Lipinski definition) is 0. The van der Waals surface area contributed by atoms with Gasteiger partial charge in [0.15, 0.2) is 0 Å². The van der Waals surface area contributed by atoms with Gasteiger partial charge < -0.3 is 18.9 Å². The van der Waals surface area contributed by atoms with Crippen molar-refractivity contribution < 1.29 is 18.9 Å². The first-order valence-electron chi connectivity index (χ1n) is 9.23. The molecule has 0 bridgehead atoms. The maximum Gasteiger partial charge on any atom is 0.148 e. The van der Waals surface area contributed by atoms with Crippen molar-refractivity contribution in [1.29, 1.82) is 0 Å². The van der Waals surface area contributed by atoms with E-state index in [2.05, 4.69) is 102 Å². The van der Waals surface area contributed by atoms with Crippen LogP contribution in [0.15, 0.2) is 42.2 Å². The zero-order chi connectivity index (χ0) is 20.8. The molecule has 2 aromatic rings. The summed E-state index contributed by atoms with van der Waals surface area (Å²) in [5, 5.41) is 0. The highest BCUT2D eigenvalue weighted by Gasteiger charge is 2.29. The average molecular weight is 656 g/mol. The normalized spacial score (nSPS) is 19.0. The van der Waals surface area contributed by atoms with Gasteiger partial charge in [-0.1, -0.05) is 13.8 Å². The Morgan fingerprint density at radius 3 is 1.76 bits per heavy atom. The van der Waals surface area contributed by atoms with E-state index in [0.717, 1.165) is 47.1 Å². The molecule has 4 rings (SSSR count). The van der Waals surface area contributed by atoms with Crippen LogP contribution in [0.2, 0.25) is 0 Å². The monoisotopic (exact) mass is 652 g/mol. The van der Waals surface area contributed by atoms with Crippen LogP contribution >= 0.6 is 63.7 Å². The van der Waals surface area contributed by atoms with Crippen molar-refractivity contribution in [2.24, 2.45) is 0 Å². The molecule has 1 unspecified atom stereocenters. The molecule has 0 saturated carbocycles. The Morgan fingerprint density at radius 2 is 1.34 bits per heavy atom. The van der Waals surface area contributed by atoms with E-state index in [0.29, 0.717) is 19.8 Å². The Labute approximate surface area is 204 Å². The van der Waals surface area contributed by atoms with Gasteiger partial charge >= 0.3 is 0 Å². The fraction of sp³-hybridized carbons (Fsp3) is 0.429. The smallest absolute Gasteiger partial charge is 0.148 e. The van der Waals surface area contributed by atoms with E-state index in [-0.39, 0.29) is 17.6 Å². The van der Waals surface area contributed by atoms with Gasteiger partial charge in [-0.2, -0.15) is 0 Å². The van der Waals surface area contributed by atoms with Crippen molar-refractivity contribution in [3.63, 3.8) is 0 Å². The number of rotatable bonds is 7. The summed E-state index contributed by atoms with van der Waals surface area (Å²) >= 11 is 14.7. The standard InChI is InChI=1S/C21H20Br4O4/c1-21(2,11-3-15(22)19(16(23)4-11)28-10-13-9-27-13)12-5-17(24)20(18(25)6-12)29-14-7-26-8-14/h3-6,13-14H,7-10H2,1-2H3. The molecule has 0 aliphatic carbocycles. The van der Waals surface area contributed by atoms with Crippen molar-refractivity contribution in [2.45, 2.75) is 31.5 Å². The largest absolute Gasteiger partial charge is 0.488 e. The molecule has 8 heteroatoms. The Bertz CT molecular complexity index is 877. The lowest BCUT2D eigenvalue weighted by Crippen LogP contribution is -2.38. The van der Waals surface area contributed by atoms with E-state index < -0.39 is 0 Å². The molecular weight excluding hydrogens is 636 g/mol. The van der Waals surface area contributed by atoms with Crippen LogP contribution in [0.25, 0.3) is 0 Å². The number of benzene rings is 2. The fourth-order valence-electron chi connectivity index (χ4n) is 3.05. The number of ether oxygens (including phenoxy) is 4. The summed E-state index contributed by atoms with van der Waals surface area (Å²) in [5.41, 5.74) is 2.07. The van der Waals surface area contributed by atoms with Crippen LogP contribution in [0.5, 0.6) is 11.5 Å². The van der Waals surface area contributed by atoms with Crippen LogP contribution in [0, 0.1) is 0 Å². The van der Waals surface area contributed by atoms with Crippen molar-refractivity contribution in [3.05, 3.63) is 53.3 Å². The van der Waals surface area contributed by atoms with Gasteiger partial charge in [-0.25, -0.2) is 0 Å². The Morgan fingerprint density at radius 1 is 0.862 bits per heavy atom. The molecule has 0 N–H and O–H groups in total. The molecule has 2 saturated heterocycles.